The molecule has 0 spiro atoms. The van der Waals surface area contributed by atoms with Gasteiger partial charge < -0.3 is 5.11 Å². The Balaban J connectivity index is 2.31. The van der Waals surface area contributed by atoms with E-state index in [1.165, 1.54) is 0 Å². The molecule has 0 unspecified atom stereocenters. The van der Waals surface area contributed by atoms with Crippen LogP contribution < -0.4 is 0 Å². The number of carboxylic acids is 1. The van der Waals surface area contributed by atoms with Crippen LogP contribution in [0.2, 0.25) is 0 Å². The summed E-state index contributed by atoms with van der Waals surface area (Å²) in [6.45, 7) is 0. The van der Waals surface area contributed by atoms with E-state index in [1.54, 1.807) is 0 Å². The van der Waals surface area contributed by atoms with Crippen LogP contribution in [0, 0.1) is 0 Å². The highest BCUT2D eigenvalue weighted by molar-refractivity contribution is 5.95. The molecule has 0 saturated carbocycles. The smallest absolute Gasteiger partial charge is 0.303 e. The number of hydrogen-bond acceptors (Lipinski definition) is 2. The van der Waals surface area contributed by atoms with Crippen LogP contribution in [0.3, 0.4) is 0 Å². The summed E-state index contributed by atoms with van der Waals surface area (Å²) in [5.41, 5.74) is 0.840. The molecule has 1 rings (SSSR count). The average Bonchev–Trinajstić information content (AvgIpc) is 2.08. The molecule has 0 atom stereocenters. The number of carbonyl (C=O) groups excluding carboxylic acids is 1. The second-order valence-corrected chi connectivity index (χ2v) is 3.29. The van der Waals surface area contributed by atoms with Gasteiger partial charge >= 0.3 is 5.97 Å². The van der Waals surface area contributed by atoms with Gasteiger partial charge in [0.15, 0.2) is 5.78 Å². The maximum absolute atomic E-state index is 11.3. The van der Waals surface area contributed by atoms with Crippen molar-refractivity contribution in [3.8, 4) is 0 Å². The number of rotatable bonds is 4. The van der Waals surface area contributed by atoms with Gasteiger partial charge in [0, 0.05) is 12.8 Å². The topological polar surface area (TPSA) is 54.4 Å². The normalized spacial score (nSPS) is 16.9. The molecular formula is C10H14O3. The molecular weight excluding hydrogens is 168 g/mol. The van der Waals surface area contributed by atoms with E-state index in [9.17, 15) is 9.59 Å². The molecule has 0 saturated heterocycles. The second-order valence-electron chi connectivity index (χ2n) is 3.29. The molecule has 3 heteroatoms. The van der Waals surface area contributed by atoms with Gasteiger partial charge in [0.2, 0.25) is 0 Å². The van der Waals surface area contributed by atoms with E-state index in [4.69, 9.17) is 5.11 Å². The summed E-state index contributed by atoms with van der Waals surface area (Å²) in [6.07, 6.45) is 5.87. The van der Waals surface area contributed by atoms with Crippen LogP contribution in [-0.4, -0.2) is 16.9 Å². The molecule has 0 heterocycles. The number of hydrogen-bond donors (Lipinski definition) is 1. The number of aliphatic carboxylic acids is 1. The van der Waals surface area contributed by atoms with Crippen molar-refractivity contribution in [3.05, 3.63) is 11.6 Å². The van der Waals surface area contributed by atoms with Gasteiger partial charge in [0.1, 0.15) is 0 Å². The first-order valence-electron chi connectivity index (χ1n) is 4.64. The molecule has 1 aliphatic carbocycles. The Kier molecular flexibility index (Phi) is 3.68. The minimum absolute atomic E-state index is 0.157. The minimum Gasteiger partial charge on any atom is -0.481 e. The highest BCUT2D eigenvalue weighted by Gasteiger charge is 2.12. The molecule has 1 N–H and O–H groups in total. The highest BCUT2D eigenvalue weighted by atomic mass is 16.4. The first kappa shape index (κ1) is 9.96. The zero-order valence-electron chi connectivity index (χ0n) is 7.58. The van der Waals surface area contributed by atoms with Crippen molar-refractivity contribution in [1.82, 2.24) is 0 Å². The standard InChI is InChI=1S/C10H14O3/c11-9-6-2-1-4-8(9)5-3-7-10(12)13/h4H,1-3,5-7H2,(H,12,13). The zero-order valence-corrected chi connectivity index (χ0v) is 7.58. The first-order valence-corrected chi connectivity index (χ1v) is 4.64. The fourth-order valence-corrected chi connectivity index (χ4v) is 1.48. The summed E-state index contributed by atoms with van der Waals surface area (Å²) in [5, 5.41) is 8.40. The predicted octanol–water partition coefficient (Wildman–Crippen LogP) is 1.92. The lowest BCUT2D eigenvalue weighted by Crippen LogP contribution is -2.07. The summed E-state index contributed by atoms with van der Waals surface area (Å²) in [7, 11) is 0. The van der Waals surface area contributed by atoms with Gasteiger partial charge in [-0.05, 0) is 31.3 Å². The SMILES string of the molecule is O=C(O)CCCC1=CCCCC1=O. The molecule has 0 aliphatic heterocycles. The van der Waals surface area contributed by atoms with Crippen molar-refractivity contribution in [1.29, 1.82) is 0 Å². The lowest BCUT2D eigenvalue weighted by molar-refractivity contribution is -0.137. The van der Waals surface area contributed by atoms with Crippen molar-refractivity contribution in [2.24, 2.45) is 0 Å². The Labute approximate surface area is 77.4 Å². The zero-order chi connectivity index (χ0) is 9.68. The van der Waals surface area contributed by atoms with Crippen molar-refractivity contribution < 1.29 is 14.7 Å². The Bertz CT molecular complexity index is 241. The molecule has 3 nitrogen and oxygen atoms in total. The fraction of sp³-hybridized carbons (Fsp3) is 0.600. The van der Waals surface area contributed by atoms with Crippen molar-refractivity contribution >= 4 is 11.8 Å². The molecule has 72 valence electrons. The van der Waals surface area contributed by atoms with Gasteiger partial charge in [-0.3, -0.25) is 9.59 Å². The van der Waals surface area contributed by atoms with Crippen LogP contribution in [0.1, 0.15) is 38.5 Å². The summed E-state index contributed by atoms with van der Waals surface area (Å²) in [5.74, 6) is -0.583. The van der Waals surface area contributed by atoms with Crippen molar-refractivity contribution in [2.45, 2.75) is 38.5 Å². The van der Waals surface area contributed by atoms with E-state index >= 15 is 0 Å². The Morgan fingerprint density at radius 3 is 2.92 bits per heavy atom. The van der Waals surface area contributed by atoms with Crippen LogP contribution in [-0.2, 0) is 9.59 Å². The van der Waals surface area contributed by atoms with Crippen molar-refractivity contribution in [2.75, 3.05) is 0 Å². The summed E-state index contributed by atoms with van der Waals surface area (Å²) in [6, 6.07) is 0. The average molecular weight is 182 g/mol. The van der Waals surface area contributed by atoms with Crippen LogP contribution >= 0.6 is 0 Å². The maximum Gasteiger partial charge on any atom is 0.303 e. The van der Waals surface area contributed by atoms with Crippen molar-refractivity contribution in [3.63, 3.8) is 0 Å². The third-order valence-corrected chi connectivity index (χ3v) is 2.19. The van der Waals surface area contributed by atoms with E-state index in [0.717, 1.165) is 18.4 Å². The number of allylic oxidation sites excluding steroid dienone is 2. The molecule has 13 heavy (non-hydrogen) atoms. The van der Waals surface area contributed by atoms with Gasteiger partial charge in [-0.2, -0.15) is 0 Å². The van der Waals surface area contributed by atoms with Crippen LogP contribution in [0.4, 0.5) is 0 Å². The largest absolute Gasteiger partial charge is 0.481 e. The molecule has 0 aromatic carbocycles. The Morgan fingerprint density at radius 1 is 1.54 bits per heavy atom. The summed E-state index contributed by atoms with van der Waals surface area (Å²) >= 11 is 0. The number of carboxylic acid groups (broad SMARTS) is 1. The molecule has 0 aromatic rings. The third-order valence-electron chi connectivity index (χ3n) is 2.19. The summed E-state index contributed by atoms with van der Waals surface area (Å²) in [4.78, 5) is 21.5. The van der Waals surface area contributed by atoms with Gasteiger partial charge in [-0.15, -0.1) is 0 Å². The first-order chi connectivity index (χ1) is 6.20. The summed E-state index contributed by atoms with van der Waals surface area (Å²) < 4.78 is 0. The fourth-order valence-electron chi connectivity index (χ4n) is 1.48. The molecule has 1 aliphatic rings. The minimum atomic E-state index is -0.788. The van der Waals surface area contributed by atoms with Gasteiger partial charge in [-0.1, -0.05) is 6.08 Å². The number of ketones is 1. The van der Waals surface area contributed by atoms with Gasteiger partial charge in [-0.25, -0.2) is 0 Å². The molecule has 0 bridgehead atoms. The van der Waals surface area contributed by atoms with Crippen LogP contribution in [0.15, 0.2) is 11.6 Å². The third kappa shape index (κ3) is 3.40. The van der Waals surface area contributed by atoms with E-state index in [0.29, 0.717) is 19.3 Å². The van der Waals surface area contributed by atoms with E-state index in [2.05, 4.69) is 0 Å². The number of carbonyl (C=O) groups is 2. The second kappa shape index (κ2) is 4.80. The monoisotopic (exact) mass is 182 g/mol. The lowest BCUT2D eigenvalue weighted by atomic mass is 9.94. The molecule has 0 radical (unpaired) electrons. The molecule has 0 fully saturated rings. The molecule has 0 aromatic heterocycles. The van der Waals surface area contributed by atoms with Crippen LogP contribution in [0.25, 0.3) is 0 Å². The van der Waals surface area contributed by atoms with Gasteiger partial charge in [0.05, 0.1) is 0 Å². The quantitative estimate of drug-likeness (QED) is 0.722. The Morgan fingerprint density at radius 2 is 2.31 bits per heavy atom. The van der Waals surface area contributed by atoms with Gasteiger partial charge in [0.25, 0.3) is 0 Å². The maximum atomic E-state index is 11.3. The van der Waals surface area contributed by atoms with E-state index in [-0.39, 0.29) is 12.2 Å². The predicted molar refractivity (Wildman–Crippen MR) is 48.4 cm³/mol. The molecule has 0 amide bonds. The highest BCUT2D eigenvalue weighted by Crippen LogP contribution is 2.18. The van der Waals surface area contributed by atoms with E-state index in [1.807, 2.05) is 6.08 Å². The Hall–Kier alpha value is -1.12. The van der Waals surface area contributed by atoms with E-state index < -0.39 is 5.97 Å². The number of Topliss-reactive ketones (excluding diaryl/α,β-unsaturated/α-hetero) is 1. The van der Waals surface area contributed by atoms with Crippen LogP contribution in [0.5, 0.6) is 0 Å². The lowest BCUT2D eigenvalue weighted by Gasteiger charge is -2.10.